The van der Waals surface area contributed by atoms with Gasteiger partial charge in [-0.25, -0.2) is 18.2 Å². The van der Waals surface area contributed by atoms with Crippen LogP contribution >= 0.6 is 22.4 Å². The first-order valence-electron chi connectivity index (χ1n) is 8.20. The van der Waals surface area contributed by atoms with Crippen LogP contribution in [-0.2, 0) is 38.8 Å². The summed E-state index contributed by atoms with van der Waals surface area (Å²) in [6.45, 7) is -0.757. The van der Waals surface area contributed by atoms with Crippen molar-refractivity contribution in [2.75, 3.05) is 6.61 Å². The normalized spacial score (nSPS) is 29.9. The number of aromatic amines is 1. The van der Waals surface area contributed by atoms with Gasteiger partial charge in [0.05, 0.1) is 6.61 Å². The predicted octanol–water partition coefficient (Wildman–Crippen LogP) is -1.44. The van der Waals surface area contributed by atoms with Gasteiger partial charge >= 0.3 is 28.1 Å². The molecule has 0 radical (unpaired) electrons. The molecular formula is C12H19N2O14P3S. The van der Waals surface area contributed by atoms with Gasteiger partial charge in [-0.05, 0) is 24.3 Å². The Bertz CT molecular complexity index is 1140. The Kier molecular flexibility index (Phi) is 8.05. The summed E-state index contributed by atoms with van der Waals surface area (Å²) in [6.07, 6.45) is -4.05. The molecule has 1 fully saturated rings. The van der Waals surface area contributed by atoms with Gasteiger partial charge in [-0.3, -0.25) is 14.3 Å². The lowest BCUT2D eigenvalue weighted by molar-refractivity contribution is -0.0869. The van der Waals surface area contributed by atoms with E-state index in [2.05, 4.69) is 27.0 Å². The minimum atomic E-state index is -5.56. The summed E-state index contributed by atoms with van der Waals surface area (Å²) >= 11 is 4.47. The minimum absolute atomic E-state index is 0.0646. The van der Waals surface area contributed by atoms with Crippen molar-refractivity contribution in [2.24, 2.45) is 0 Å². The van der Waals surface area contributed by atoms with Crippen LogP contribution in [-0.4, -0.2) is 63.8 Å². The Hall–Kier alpha value is -0.870. The predicted molar refractivity (Wildman–Crippen MR) is 107 cm³/mol. The van der Waals surface area contributed by atoms with Gasteiger partial charge < -0.3 is 39.0 Å². The standard InChI is InChI=1S/C12H19N2O14P3S/c1-6(2)12(18)9(16)7(26-10(12)14-4-3-8(15)13-11(14)17)5-25-31(24,32)28-30(22,23)27-29(19,20)21/h3-4,7,9-10,16,18H,1,5H2,2H3,(H,22,23)(H,24,32)(H,13,15,17)(H2,19,20,21)/t7-,9-,10?,12-,31-/m1/s1. The minimum Gasteiger partial charge on any atom is -0.387 e. The quantitative estimate of drug-likeness (QED) is 0.140. The van der Waals surface area contributed by atoms with Gasteiger partial charge in [0.25, 0.3) is 5.56 Å². The molecule has 16 nitrogen and oxygen atoms in total. The van der Waals surface area contributed by atoms with Crippen molar-refractivity contribution in [3.8, 4) is 0 Å². The molecule has 2 rings (SSSR count). The number of aliphatic hydroxyl groups is 2. The number of hydrogen-bond donors (Lipinski definition) is 7. The fourth-order valence-electron chi connectivity index (χ4n) is 2.73. The van der Waals surface area contributed by atoms with Crippen LogP contribution in [0.5, 0.6) is 0 Å². The van der Waals surface area contributed by atoms with E-state index in [4.69, 9.17) is 19.0 Å². The molecule has 0 bridgehead atoms. The average Bonchev–Trinajstić information content (AvgIpc) is 2.83. The molecule has 7 N–H and O–H groups in total. The molecular weight excluding hydrogens is 521 g/mol. The number of aliphatic hydroxyl groups excluding tert-OH is 1. The van der Waals surface area contributed by atoms with Crippen molar-refractivity contribution >= 4 is 34.2 Å². The Labute approximate surface area is 183 Å². The van der Waals surface area contributed by atoms with Crippen molar-refractivity contribution in [1.82, 2.24) is 9.55 Å². The molecule has 0 aliphatic carbocycles. The van der Waals surface area contributed by atoms with E-state index >= 15 is 0 Å². The smallest absolute Gasteiger partial charge is 0.387 e. The number of rotatable bonds is 9. The number of nitrogens with zero attached hydrogens (tertiary/aromatic N) is 1. The molecule has 6 atom stereocenters. The van der Waals surface area contributed by atoms with Crippen molar-refractivity contribution < 1.29 is 56.8 Å². The fraction of sp³-hybridized carbons (Fsp3) is 0.500. The Morgan fingerprint density at radius 2 is 1.91 bits per heavy atom. The molecule has 0 saturated carbocycles. The maximum absolute atomic E-state index is 12.1. The third kappa shape index (κ3) is 6.38. The molecule has 182 valence electrons. The fourth-order valence-corrected chi connectivity index (χ4v) is 6.70. The highest BCUT2D eigenvalue weighted by molar-refractivity contribution is 8.08. The third-order valence-electron chi connectivity index (χ3n) is 4.09. The van der Waals surface area contributed by atoms with Crippen LogP contribution in [0, 0.1) is 0 Å². The number of aromatic nitrogens is 2. The molecule has 2 unspecified atom stereocenters. The molecule has 1 aromatic rings. The molecule has 0 amide bonds. The summed E-state index contributed by atoms with van der Waals surface area (Å²) < 4.78 is 40.7. The van der Waals surface area contributed by atoms with E-state index in [0.717, 1.165) is 16.8 Å². The first-order chi connectivity index (χ1) is 14.4. The molecule has 1 aliphatic rings. The lowest BCUT2D eigenvalue weighted by Gasteiger charge is -2.32. The van der Waals surface area contributed by atoms with Gasteiger partial charge in [0, 0.05) is 12.3 Å². The maximum atomic E-state index is 12.1. The van der Waals surface area contributed by atoms with E-state index in [-0.39, 0.29) is 5.57 Å². The number of phosphoric acid groups is 2. The lowest BCUT2D eigenvalue weighted by atomic mass is 9.87. The van der Waals surface area contributed by atoms with E-state index in [1.54, 1.807) is 0 Å². The highest BCUT2D eigenvalue weighted by Crippen LogP contribution is 2.66. The van der Waals surface area contributed by atoms with Crippen molar-refractivity contribution in [3.05, 3.63) is 45.3 Å². The van der Waals surface area contributed by atoms with Crippen LogP contribution in [0.1, 0.15) is 13.2 Å². The monoisotopic (exact) mass is 540 g/mol. The van der Waals surface area contributed by atoms with E-state index in [0.29, 0.717) is 0 Å². The summed E-state index contributed by atoms with van der Waals surface area (Å²) in [7, 11) is -11.1. The second kappa shape index (κ2) is 9.41. The maximum Gasteiger partial charge on any atom is 0.488 e. The topological polar surface area (TPSA) is 247 Å². The van der Waals surface area contributed by atoms with Gasteiger partial charge in [0.1, 0.15) is 12.2 Å². The Morgan fingerprint density at radius 3 is 2.41 bits per heavy atom. The largest absolute Gasteiger partial charge is 0.488 e. The third-order valence-corrected chi connectivity index (χ3v) is 8.81. The van der Waals surface area contributed by atoms with E-state index in [9.17, 15) is 38.7 Å². The Morgan fingerprint density at radius 1 is 1.31 bits per heavy atom. The summed E-state index contributed by atoms with van der Waals surface area (Å²) in [5.74, 6) is 0. The molecule has 1 aromatic heterocycles. The SMILES string of the molecule is C=C(C)[C@]1(O)C(n2ccc(=O)[nH]c2=O)O[C@H](CO[P@@](O)(=S)OP(=O)(O)OP(=O)(O)O)[C@H]1O. The number of nitrogens with one attached hydrogen (secondary N) is 1. The molecule has 0 aromatic carbocycles. The van der Waals surface area contributed by atoms with Gasteiger partial charge in [-0.2, -0.15) is 4.31 Å². The average molecular weight is 540 g/mol. The molecule has 32 heavy (non-hydrogen) atoms. The van der Waals surface area contributed by atoms with Crippen LogP contribution < -0.4 is 11.2 Å². The van der Waals surface area contributed by atoms with Gasteiger partial charge in [-0.15, -0.1) is 0 Å². The number of hydrogen-bond acceptors (Lipinski definition) is 11. The molecule has 0 spiro atoms. The van der Waals surface area contributed by atoms with Crippen LogP contribution in [0.2, 0.25) is 0 Å². The summed E-state index contributed by atoms with van der Waals surface area (Å²) in [6, 6.07) is 0.945. The zero-order chi connectivity index (χ0) is 24.7. The van der Waals surface area contributed by atoms with Crippen molar-refractivity contribution in [2.45, 2.75) is 31.0 Å². The molecule has 1 saturated heterocycles. The first-order valence-corrected chi connectivity index (χ1v) is 13.8. The van der Waals surface area contributed by atoms with Crippen LogP contribution in [0.15, 0.2) is 34.0 Å². The van der Waals surface area contributed by atoms with Crippen molar-refractivity contribution in [3.63, 3.8) is 0 Å². The summed E-state index contributed by atoms with van der Waals surface area (Å²) in [5, 5.41) is 21.5. The highest BCUT2D eigenvalue weighted by Gasteiger charge is 2.57. The zero-order valence-electron chi connectivity index (χ0n) is 15.9. The van der Waals surface area contributed by atoms with E-state index in [1.807, 2.05) is 4.98 Å². The molecule has 1 aliphatic heterocycles. The summed E-state index contributed by atoms with van der Waals surface area (Å²) in [5.41, 5.74) is -4.11. The van der Waals surface area contributed by atoms with E-state index < -0.39 is 64.3 Å². The molecule has 20 heteroatoms. The van der Waals surface area contributed by atoms with Gasteiger partial charge in [0.15, 0.2) is 11.8 Å². The number of H-pyrrole nitrogens is 1. The summed E-state index contributed by atoms with van der Waals surface area (Å²) in [4.78, 5) is 61.6. The number of ether oxygens (including phenoxy) is 1. The zero-order valence-corrected chi connectivity index (χ0v) is 19.4. The van der Waals surface area contributed by atoms with Crippen LogP contribution in [0.25, 0.3) is 0 Å². The molecule has 2 heterocycles. The lowest BCUT2D eigenvalue weighted by Crippen LogP contribution is -2.49. The van der Waals surface area contributed by atoms with Crippen LogP contribution in [0.4, 0.5) is 0 Å². The van der Waals surface area contributed by atoms with Crippen LogP contribution in [0.3, 0.4) is 0 Å². The second-order valence-corrected chi connectivity index (χ2v) is 12.3. The van der Waals surface area contributed by atoms with E-state index in [1.165, 1.54) is 6.92 Å². The second-order valence-electron chi connectivity index (χ2n) is 6.48. The van der Waals surface area contributed by atoms with Crippen molar-refractivity contribution in [1.29, 1.82) is 0 Å². The Balaban J connectivity index is 2.24. The van der Waals surface area contributed by atoms with Gasteiger partial charge in [-0.1, -0.05) is 6.58 Å². The van der Waals surface area contributed by atoms with Gasteiger partial charge in [0.2, 0.25) is 0 Å². The highest BCUT2D eigenvalue weighted by atomic mass is 32.5. The first kappa shape index (κ1) is 27.4.